The second kappa shape index (κ2) is 9.07. The molecule has 7 heteroatoms. The van der Waals surface area contributed by atoms with E-state index < -0.39 is 12.3 Å². The monoisotopic (exact) mass is 222 g/mol. The predicted octanol–water partition coefficient (Wildman–Crippen LogP) is 1.17. The molecule has 1 heterocycles. The first-order valence-electron chi connectivity index (χ1n) is 4.42. The molecule has 0 atom stereocenters. The largest absolute Gasteiger partial charge is 0.505 e. The number of ether oxygens (including phenoxy) is 3. The second-order valence-corrected chi connectivity index (χ2v) is 2.55. The third-order valence-electron chi connectivity index (χ3n) is 1.36. The van der Waals surface area contributed by atoms with E-state index in [9.17, 15) is 9.59 Å². The molecule has 0 aromatic carbocycles. The second-order valence-electron chi connectivity index (χ2n) is 2.55. The molecule has 1 fully saturated rings. The van der Waals surface area contributed by atoms with E-state index in [-0.39, 0.29) is 13.2 Å². The lowest BCUT2D eigenvalue weighted by molar-refractivity contribution is 0.0472. The lowest BCUT2D eigenvalue weighted by Gasteiger charge is -1.98. The van der Waals surface area contributed by atoms with Gasteiger partial charge < -0.3 is 24.4 Å². The molecule has 1 rings (SSSR count). The normalized spacial score (nSPS) is 13.6. The Morgan fingerprint density at radius 2 is 1.40 bits per heavy atom. The molecule has 1 saturated heterocycles. The van der Waals surface area contributed by atoms with Crippen molar-refractivity contribution in [2.24, 2.45) is 0 Å². The van der Waals surface area contributed by atoms with Crippen molar-refractivity contribution in [1.82, 2.24) is 0 Å². The molecule has 0 spiro atoms. The molecule has 0 unspecified atom stereocenters. The molecule has 0 aromatic rings. The minimum absolute atomic E-state index is 0.276. The van der Waals surface area contributed by atoms with E-state index >= 15 is 0 Å². The average molecular weight is 222 g/mol. The van der Waals surface area contributed by atoms with Crippen LogP contribution in [-0.4, -0.2) is 49.0 Å². The fourth-order valence-electron chi connectivity index (χ4n) is 0.768. The summed E-state index contributed by atoms with van der Waals surface area (Å²) in [4.78, 5) is 19.2. The maximum absolute atomic E-state index is 9.62. The number of hydrogen-bond acceptors (Lipinski definition) is 5. The molecule has 0 amide bonds. The molecule has 0 saturated carbocycles. The fourth-order valence-corrected chi connectivity index (χ4v) is 0.768. The molecule has 0 aromatic heterocycles. The molecule has 0 bridgehead atoms. The lowest BCUT2D eigenvalue weighted by Crippen LogP contribution is -2.10. The van der Waals surface area contributed by atoms with Crippen LogP contribution in [0.1, 0.15) is 12.8 Å². The van der Waals surface area contributed by atoms with Gasteiger partial charge in [0.2, 0.25) is 0 Å². The van der Waals surface area contributed by atoms with E-state index in [4.69, 9.17) is 14.9 Å². The van der Waals surface area contributed by atoms with E-state index in [0.717, 1.165) is 13.2 Å². The van der Waals surface area contributed by atoms with Crippen molar-refractivity contribution in [3.8, 4) is 0 Å². The highest BCUT2D eigenvalue weighted by atomic mass is 16.7. The molecule has 0 aliphatic carbocycles. The smallest absolute Gasteiger partial charge is 0.450 e. The Balaban J connectivity index is 0.000000322. The van der Waals surface area contributed by atoms with Crippen LogP contribution in [0.5, 0.6) is 0 Å². The number of carbonyl (C=O) groups is 2. The molecule has 1 aliphatic rings. The molecular formula is C8H14O7. The zero-order valence-corrected chi connectivity index (χ0v) is 8.18. The highest BCUT2D eigenvalue weighted by molar-refractivity contribution is 5.57. The zero-order chi connectivity index (χ0) is 11.5. The Hall–Kier alpha value is -1.50. The van der Waals surface area contributed by atoms with Crippen molar-refractivity contribution < 1.29 is 34.0 Å². The van der Waals surface area contributed by atoms with Crippen LogP contribution < -0.4 is 0 Å². The molecule has 1 aliphatic heterocycles. The van der Waals surface area contributed by atoms with Crippen molar-refractivity contribution in [2.75, 3.05) is 26.4 Å². The average Bonchev–Trinajstić information content (AvgIpc) is 2.69. The summed E-state index contributed by atoms with van der Waals surface area (Å²) in [6.45, 7) is 1.45. The lowest BCUT2D eigenvalue weighted by atomic mass is 10.4. The first-order chi connectivity index (χ1) is 7.13. The maximum atomic E-state index is 9.62. The summed E-state index contributed by atoms with van der Waals surface area (Å²) >= 11 is 0. The first-order valence-corrected chi connectivity index (χ1v) is 4.42. The number of rotatable bonds is 3. The van der Waals surface area contributed by atoms with Crippen molar-refractivity contribution in [2.45, 2.75) is 12.8 Å². The molecule has 2 N–H and O–H groups in total. The van der Waals surface area contributed by atoms with Crippen LogP contribution in [0.25, 0.3) is 0 Å². The number of carboxylic acid groups (broad SMARTS) is 2. The van der Waals surface area contributed by atoms with Crippen molar-refractivity contribution >= 4 is 12.3 Å². The zero-order valence-electron chi connectivity index (χ0n) is 8.18. The molecule has 0 radical (unpaired) electrons. The van der Waals surface area contributed by atoms with Gasteiger partial charge in [-0.2, -0.15) is 0 Å². The van der Waals surface area contributed by atoms with Crippen molar-refractivity contribution in [3.63, 3.8) is 0 Å². The number of hydrogen-bond donors (Lipinski definition) is 2. The maximum Gasteiger partial charge on any atom is 0.505 e. The van der Waals surface area contributed by atoms with Gasteiger partial charge in [-0.15, -0.1) is 0 Å². The van der Waals surface area contributed by atoms with Gasteiger partial charge in [0.25, 0.3) is 0 Å². The molecular weight excluding hydrogens is 208 g/mol. The molecule has 15 heavy (non-hydrogen) atoms. The Labute approximate surface area is 86.5 Å². The van der Waals surface area contributed by atoms with Crippen LogP contribution in [0, 0.1) is 0 Å². The van der Waals surface area contributed by atoms with Gasteiger partial charge in [-0.1, -0.05) is 0 Å². The summed E-state index contributed by atoms with van der Waals surface area (Å²) in [5.74, 6) is 0. The van der Waals surface area contributed by atoms with E-state index in [1.807, 2.05) is 0 Å². The van der Waals surface area contributed by atoms with Gasteiger partial charge in [0.05, 0.1) is 0 Å². The summed E-state index contributed by atoms with van der Waals surface area (Å²) in [5, 5.41) is 15.7. The first kappa shape index (κ1) is 13.5. The van der Waals surface area contributed by atoms with Gasteiger partial charge in [-0.25, -0.2) is 9.59 Å². The SMILES string of the molecule is C1CCOC1.O=C(O)OCCOC(=O)O. The molecule has 88 valence electrons. The standard InChI is InChI=1S/C4H6O6.C4H8O/c5-3(6)9-1-2-10-4(7)8;1-2-4-5-3-1/h1-2H2,(H,5,6)(H,7,8);1-4H2. The third-order valence-corrected chi connectivity index (χ3v) is 1.36. The molecule has 7 nitrogen and oxygen atoms in total. The van der Waals surface area contributed by atoms with Crippen molar-refractivity contribution in [3.05, 3.63) is 0 Å². The van der Waals surface area contributed by atoms with E-state index in [1.54, 1.807) is 0 Å². The van der Waals surface area contributed by atoms with Crippen LogP contribution in [0.2, 0.25) is 0 Å². The Bertz CT molecular complexity index is 164. The summed E-state index contributed by atoms with van der Waals surface area (Å²) in [6.07, 6.45) is -0.344. The highest BCUT2D eigenvalue weighted by Crippen LogP contribution is 1.98. The summed E-state index contributed by atoms with van der Waals surface area (Å²) in [5.41, 5.74) is 0. The van der Waals surface area contributed by atoms with E-state index in [0.29, 0.717) is 0 Å². The van der Waals surface area contributed by atoms with Crippen LogP contribution in [0.15, 0.2) is 0 Å². The Morgan fingerprint density at radius 1 is 1.00 bits per heavy atom. The van der Waals surface area contributed by atoms with Crippen LogP contribution >= 0.6 is 0 Å². The Kier molecular flexibility index (Phi) is 8.16. The van der Waals surface area contributed by atoms with Gasteiger partial charge >= 0.3 is 12.3 Å². The summed E-state index contributed by atoms with van der Waals surface area (Å²) < 4.78 is 12.8. The quantitative estimate of drug-likeness (QED) is 0.545. The van der Waals surface area contributed by atoms with Gasteiger partial charge in [0, 0.05) is 13.2 Å². The Morgan fingerprint density at radius 3 is 1.60 bits per heavy atom. The van der Waals surface area contributed by atoms with Crippen molar-refractivity contribution in [1.29, 1.82) is 0 Å². The van der Waals surface area contributed by atoms with Gasteiger partial charge in [0.15, 0.2) is 0 Å². The van der Waals surface area contributed by atoms with Gasteiger partial charge in [-0.05, 0) is 12.8 Å². The van der Waals surface area contributed by atoms with E-state index in [2.05, 4.69) is 9.47 Å². The predicted molar refractivity (Wildman–Crippen MR) is 48.0 cm³/mol. The summed E-state index contributed by atoms with van der Waals surface area (Å²) in [6, 6.07) is 0. The third kappa shape index (κ3) is 12.5. The van der Waals surface area contributed by atoms with Crippen LogP contribution in [0.4, 0.5) is 9.59 Å². The minimum atomic E-state index is -1.45. The summed E-state index contributed by atoms with van der Waals surface area (Å²) in [7, 11) is 0. The van der Waals surface area contributed by atoms with Gasteiger partial charge in [0.1, 0.15) is 13.2 Å². The van der Waals surface area contributed by atoms with E-state index in [1.165, 1.54) is 12.8 Å². The van der Waals surface area contributed by atoms with Crippen LogP contribution in [-0.2, 0) is 14.2 Å². The van der Waals surface area contributed by atoms with Crippen LogP contribution in [0.3, 0.4) is 0 Å². The minimum Gasteiger partial charge on any atom is -0.450 e. The highest BCUT2D eigenvalue weighted by Gasteiger charge is 1.98. The topological polar surface area (TPSA) is 102 Å². The van der Waals surface area contributed by atoms with Gasteiger partial charge in [-0.3, -0.25) is 0 Å². The fraction of sp³-hybridized carbons (Fsp3) is 0.750.